The first kappa shape index (κ1) is 19.1. The maximum absolute atomic E-state index is 13.1. The normalized spacial score (nSPS) is 19.3. The SMILES string of the molecule is CCCN[C@H]1CN(c2cccc(O)c2)S(=O)(=O)c2sc(S(N)(=O)=O)cc21. The van der Waals surface area contributed by atoms with E-state index in [1.54, 1.807) is 12.1 Å². The van der Waals surface area contributed by atoms with Crippen molar-refractivity contribution in [2.45, 2.75) is 27.8 Å². The van der Waals surface area contributed by atoms with Crippen LogP contribution >= 0.6 is 11.3 Å². The lowest BCUT2D eigenvalue weighted by atomic mass is 10.1. The highest BCUT2D eigenvalue weighted by molar-refractivity contribution is 7.96. The van der Waals surface area contributed by atoms with Crippen LogP contribution in [0.25, 0.3) is 0 Å². The number of rotatable bonds is 5. The van der Waals surface area contributed by atoms with Gasteiger partial charge >= 0.3 is 0 Å². The molecular weight excluding hydrogens is 398 g/mol. The highest BCUT2D eigenvalue weighted by Gasteiger charge is 2.40. The number of nitrogens with zero attached hydrogens (tertiary/aromatic N) is 1. The van der Waals surface area contributed by atoms with Crippen LogP contribution in [-0.4, -0.2) is 35.0 Å². The molecule has 0 bridgehead atoms. The molecule has 1 aromatic heterocycles. The number of nitrogens with two attached hydrogens (primary N) is 1. The summed E-state index contributed by atoms with van der Waals surface area (Å²) < 4.78 is 50.5. The van der Waals surface area contributed by atoms with Crippen molar-refractivity contribution in [2.24, 2.45) is 5.14 Å². The van der Waals surface area contributed by atoms with Crippen molar-refractivity contribution in [1.29, 1.82) is 0 Å². The van der Waals surface area contributed by atoms with Crippen LogP contribution in [0.5, 0.6) is 5.75 Å². The first-order valence-electron chi connectivity index (χ1n) is 7.86. The van der Waals surface area contributed by atoms with Gasteiger partial charge in [0.25, 0.3) is 10.0 Å². The van der Waals surface area contributed by atoms with Gasteiger partial charge in [-0.3, -0.25) is 4.31 Å². The molecule has 0 aliphatic carbocycles. The standard InChI is InChI=1S/C15H19N3O5S3/c1-2-6-17-13-9-18(10-4-3-5-11(19)7-10)26(22,23)15-12(13)8-14(24-15)25(16,20)21/h3-5,7-8,13,17,19H,2,6,9H2,1H3,(H2,16,20,21)/t13-/m0/s1. The molecule has 2 heterocycles. The van der Waals surface area contributed by atoms with Crippen LogP contribution in [0.2, 0.25) is 0 Å². The van der Waals surface area contributed by atoms with Gasteiger partial charge in [-0.2, -0.15) is 0 Å². The second kappa shape index (κ2) is 6.82. The topological polar surface area (TPSA) is 130 Å². The summed E-state index contributed by atoms with van der Waals surface area (Å²) in [4.78, 5) is 0. The van der Waals surface area contributed by atoms with E-state index in [9.17, 15) is 21.9 Å². The molecule has 1 aliphatic heterocycles. The van der Waals surface area contributed by atoms with Crippen LogP contribution in [0.3, 0.4) is 0 Å². The zero-order valence-electron chi connectivity index (χ0n) is 13.9. The lowest BCUT2D eigenvalue weighted by molar-refractivity contribution is 0.475. The zero-order valence-corrected chi connectivity index (χ0v) is 16.4. The molecule has 1 aliphatic rings. The molecule has 0 spiro atoms. The van der Waals surface area contributed by atoms with Crippen LogP contribution in [0.4, 0.5) is 5.69 Å². The van der Waals surface area contributed by atoms with Crippen LogP contribution in [0.15, 0.2) is 38.8 Å². The lowest BCUT2D eigenvalue weighted by Crippen LogP contribution is -2.43. The number of hydrogen-bond donors (Lipinski definition) is 3. The van der Waals surface area contributed by atoms with E-state index in [0.717, 1.165) is 6.42 Å². The van der Waals surface area contributed by atoms with Gasteiger partial charge in [0.15, 0.2) is 0 Å². The van der Waals surface area contributed by atoms with E-state index in [0.29, 0.717) is 29.1 Å². The maximum Gasteiger partial charge on any atom is 0.274 e. The van der Waals surface area contributed by atoms with Crippen molar-refractivity contribution in [1.82, 2.24) is 5.32 Å². The third kappa shape index (κ3) is 3.45. The summed E-state index contributed by atoms with van der Waals surface area (Å²) in [5.74, 6) is -0.0574. The van der Waals surface area contributed by atoms with E-state index in [-0.39, 0.29) is 26.8 Å². The van der Waals surface area contributed by atoms with E-state index in [1.165, 1.54) is 22.5 Å². The number of anilines is 1. The number of hydrogen-bond acceptors (Lipinski definition) is 7. The lowest BCUT2D eigenvalue weighted by Gasteiger charge is -2.34. The van der Waals surface area contributed by atoms with Gasteiger partial charge < -0.3 is 10.4 Å². The fourth-order valence-corrected chi connectivity index (χ4v) is 7.05. The van der Waals surface area contributed by atoms with Crippen molar-refractivity contribution in [3.05, 3.63) is 35.9 Å². The number of sulfonamides is 2. The van der Waals surface area contributed by atoms with E-state index in [2.05, 4.69) is 5.32 Å². The third-order valence-corrected chi connectivity index (χ3v) is 8.88. The molecule has 3 rings (SSSR count). The first-order valence-corrected chi connectivity index (χ1v) is 11.7. The minimum atomic E-state index is -4.01. The fourth-order valence-electron chi connectivity index (χ4n) is 2.80. The number of benzene rings is 1. The van der Waals surface area contributed by atoms with Crippen molar-refractivity contribution >= 4 is 37.1 Å². The van der Waals surface area contributed by atoms with E-state index < -0.39 is 20.0 Å². The van der Waals surface area contributed by atoms with Gasteiger partial charge in [-0.15, -0.1) is 11.3 Å². The summed E-state index contributed by atoms with van der Waals surface area (Å²) in [5, 5.41) is 18.1. The van der Waals surface area contributed by atoms with Crippen LogP contribution < -0.4 is 14.8 Å². The molecule has 26 heavy (non-hydrogen) atoms. The van der Waals surface area contributed by atoms with Crippen molar-refractivity contribution < 1.29 is 21.9 Å². The molecule has 8 nitrogen and oxygen atoms in total. The maximum atomic E-state index is 13.1. The third-order valence-electron chi connectivity index (χ3n) is 3.99. The Bertz CT molecular complexity index is 1030. The van der Waals surface area contributed by atoms with Gasteiger partial charge in [0.05, 0.1) is 18.3 Å². The highest BCUT2D eigenvalue weighted by atomic mass is 32.3. The number of fused-ring (bicyclic) bond motifs is 1. The number of primary sulfonamides is 1. The number of nitrogens with one attached hydrogen (secondary N) is 1. The predicted octanol–water partition coefficient (Wildman–Crippen LogP) is 1.35. The zero-order chi connectivity index (χ0) is 19.1. The van der Waals surface area contributed by atoms with Crippen LogP contribution in [0.1, 0.15) is 24.9 Å². The number of aromatic hydroxyl groups is 1. The summed E-state index contributed by atoms with van der Waals surface area (Å²) in [6.45, 7) is 2.70. The Hall–Kier alpha value is -1.66. The highest BCUT2D eigenvalue weighted by Crippen LogP contribution is 2.42. The van der Waals surface area contributed by atoms with Crippen LogP contribution in [0, 0.1) is 0 Å². The summed E-state index contributed by atoms with van der Waals surface area (Å²) in [6.07, 6.45) is 0.830. The predicted molar refractivity (Wildman–Crippen MR) is 99.4 cm³/mol. The molecule has 0 amide bonds. The molecule has 0 radical (unpaired) electrons. The minimum Gasteiger partial charge on any atom is -0.508 e. The van der Waals surface area contributed by atoms with Gasteiger partial charge in [0, 0.05) is 11.6 Å². The summed E-state index contributed by atoms with van der Waals surface area (Å²) >= 11 is 0.644. The molecule has 0 fully saturated rings. The van der Waals surface area contributed by atoms with Gasteiger partial charge in [0.1, 0.15) is 14.2 Å². The Balaban J connectivity index is 2.16. The van der Waals surface area contributed by atoms with Crippen LogP contribution in [-0.2, 0) is 20.0 Å². The quantitative estimate of drug-likeness (QED) is 0.673. The summed E-state index contributed by atoms with van der Waals surface area (Å²) in [5.41, 5.74) is 0.716. The molecule has 142 valence electrons. The average molecular weight is 418 g/mol. The van der Waals surface area contributed by atoms with Crippen molar-refractivity contribution in [3.8, 4) is 5.75 Å². The Labute approximate surface area is 156 Å². The molecular formula is C15H19N3O5S3. The molecule has 11 heteroatoms. The number of phenolic OH excluding ortho intramolecular Hbond substituents is 1. The molecule has 1 atom stereocenters. The monoisotopic (exact) mass is 417 g/mol. The summed E-state index contributed by atoms with van der Waals surface area (Å²) in [7, 11) is -7.98. The second-order valence-electron chi connectivity index (χ2n) is 5.92. The van der Waals surface area contributed by atoms with Gasteiger partial charge in [-0.1, -0.05) is 13.0 Å². The van der Waals surface area contributed by atoms with Gasteiger partial charge in [-0.25, -0.2) is 22.0 Å². The first-order chi connectivity index (χ1) is 12.1. The van der Waals surface area contributed by atoms with E-state index >= 15 is 0 Å². The van der Waals surface area contributed by atoms with Crippen molar-refractivity contribution in [3.63, 3.8) is 0 Å². The van der Waals surface area contributed by atoms with Gasteiger partial charge in [0.2, 0.25) is 10.0 Å². The Morgan fingerprint density at radius 1 is 1.38 bits per heavy atom. The molecule has 0 saturated carbocycles. The Morgan fingerprint density at radius 2 is 2.12 bits per heavy atom. The van der Waals surface area contributed by atoms with Crippen molar-refractivity contribution in [2.75, 3.05) is 17.4 Å². The molecule has 0 saturated heterocycles. The molecule has 1 aromatic carbocycles. The minimum absolute atomic E-state index is 0.0512. The van der Waals surface area contributed by atoms with E-state index in [4.69, 9.17) is 5.14 Å². The molecule has 4 N–H and O–H groups in total. The van der Waals surface area contributed by atoms with Gasteiger partial charge in [-0.05, 0) is 31.2 Å². The Kier molecular flexibility index (Phi) is 5.01. The average Bonchev–Trinajstić information content (AvgIpc) is 3.01. The number of thiophene rings is 1. The smallest absolute Gasteiger partial charge is 0.274 e. The molecule has 2 aromatic rings. The largest absolute Gasteiger partial charge is 0.508 e. The molecule has 0 unspecified atom stereocenters. The summed E-state index contributed by atoms with van der Waals surface area (Å²) in [6, 6.07) is 6.88. The number of phenols is 1. The fraction of sp³-hybridized carbons (Fsp3) is 0.333. The second-order valence-corrected chi connectivity index (χ2v) is 10.8. The van der Waals surface area contributed by atoms with E-state index in [1.807, 2.05) is 6.92 Å². The Morgan fingerprint density at radius 3 is 2.73 bits per heavy atom.